The maximum atomic E-state index is 12.3. The van der Waals surface area contributed by atoms with E-state index in [4.69, 9.17) is 0 Å². The number of hydrogen-bond donors (Lipinski definition) is 2. The van der Waals surface area contributed by atoms with E-state index in [1.54, 1.807) is 0 Å². The van der Waals surface area contributed by atoms with Gasteiger partial charge in [0.15, 0.2) is 0 Å². The van der Waals surface area contributed by atoms with Gasteiger partial charge in [-0.05, 0) is 25.7 Å². The van der Waals surface area contributed by atoms with Gasteiger partial charge in [-0.3, -0.25) is 10.1 Å². The van der Waals surface area contributed by atoms with Crippen LogP contribution in [-0.2, 0) is 4.79 Å². The Morgan fingerprint density at radius 2 is 1.76 bits per heavy atom. The fourth-order valence-corrected chi connectivity index (χ4v) is 3.08. The van der Waals surface area contributed by atoms with Gasteiger partial charge < -0.3 is 5.32 Å². The van der Waals surface area contributed by atoms with Crippen LogP contribution in [0.3, 0.4) is 0 Å². The van der Waals surface area contributed by atoms with E-state index in [0.29, 0.717) is 24.9 Å². The van der Waals surface area contributed by atoms with Gasteiger partial charge in [0, 0.05) is 12.1 Å². The summed E-state index contributed by atoms with van der Waals surface area (Å²) in [6, 6.07) is 0.736. The van der Waals surface area contributed by atoms with Crippen LogP contribution in [0.1, 0.15) is 38.5 Å². The molecule has 1 heterocycles. The van der Waals surface area contributed by atoms with Gasteiger partial charge >= 0.3 is 0 Å². The van der Waals surface area contributed by atoms with Gasteiger partial charge in [0.1, 0.15) is 5.54 Å². The predicted octanol–water partition coefficient (Wildman–Crippen LogP) is 1.91. The molecular weight excluding hydrogens is 212 g/mol. The van der Waals surface area contributed by atoms with Crippen molar-refractivity contribution in [2.24, 2.45) is 0 Å². The molecule has 17 heavy (non-hydrogen) atoms. The van der Waals surface area contributed by atoms with Gasteiger partial charge in [-0.25, -0.2) is 0 Å². The first-order valence-corrected chi connectivity index (χ1v) is 6.52. The van der Waals surface area contributed by atoms with Crippen LogP contribution in [0.25, 0.3) is 0 Å². The first kappa shape index (κ1) is 12.4. The molecule has 3 nitrogen and oxygen atoms in total. The summed E-state index contributed by atoms with van der Waals surface area (Å²) in [5.74, 6) is 0.112. The van der Waals surface area contributed by atoms with Crippen molar-refractivity contribution in [3.05, 3.63) is 25.3 Å². The van der Waals surface area contributed by atoms with Crippen LogP contribution in [0.2, 0.25) is 0 Å². The monoisotopic (exact) mass is 234 g/mol. The van der Waals surface area contributed by atoms with Crippen LogP contribution in [0, 0.1) is 0 Å². The number of fused-ring (bicyclic) bond motifs is 1. The summed E-state index contributed by atoms with van der Waals surface area (Å²) < 4.78 is 0. The first-order valence-electron chi connectivity index (χ1n) is 6.52. The van der Waals surface area contributed by atoms with Crippen LogP contribution in [0.15, 0.2) is 25.3 Å². The Morgan fingerprint density at radius 3 is 2.35 bits per heavy atom. The maximum absolute atomic E-state index is 12.3. The van der Waals surface area contributed by atoms with Crippen LogP contribution in [0.5, 0.6) is 0 Å². The van der Waals surface area contributed by atoms with Gasteiger partial charge in [0.25, 0.3) is 0 Å². The Hall–Kier alpha value is -1.09. The second-order valence-corrected chi connectivity index (χ2v) is 5.18. The molecule has 1 aliphatic carbocycles. The molecule has 0 bridgehead atoms. The number of nitrogens with one attached hydrogen (secondary N) is 2. The molecule has 0 aromatic heterocycles. The fourth-order valence-electron chi connectivity index (χ4n) is 3.08. The largest absolute Gasteiger partial charge is 0.350 e. The molecule has 1 saturated heterocycles. The molecule has 1 saturated carbocycles. The lowest BCUT2D eigenvalue weighted by atomic mass is 9.80. The molecule has 0 unspecified atom stereocenters. The quantitative estimate of drug-likeness (QED) is 0.730. The van der Waals surface area contributed by atoms with E-state index in [2.05, 4.69) is 23.8 Å². The van der Waals surface area contributed by atoms with Gasteiger partial charge in [-0.2, -0.15) is 0 Å². The third kappa shape index (κ3) is 2.29. The zero-order chi connectivity index (χ0) is 12.3. The normalized spacial score (nSPS) is 31.2. The lowest BCUT2D eigenvalue weighted by molar-refractivity contribution is -0.132. The molecule has 94 valence electrons. The molecule has 0 aromatic rings. The molecule has 0 spiro atoms. The topological polar surface area (TPSA) is 41.1 Å². The van der Waals surface area contributed by atoms with Crippen LogP contribution in [-0.4, -0.2) is 23.5 Å². The molecule has 1 amide bonds. The van der Waals surface area contributed by atoms with Crippen LogP contribution >= 0.6 is 0 Å². The number of rotatable bonds is 4. The Labute approximate surface area is 103 Å². The smallest absolute Gasteiger partial charge is 0.241 e. The summed E-state index contributed by atoms with van der Waals surface area (Å²) in [6.45, 7) is 7.53. The van der Waals surface area contributed by atoms with E-state index in [1.165, 1.54) is 12.8 Å². The van der Waals surface area contributed by atoms with Gasteiger partial charge in [0.2, 0.25) is 5.91 Å². The van der Waals surface area contributed by atoms with Crippen molar-refractivity contribution in [1.82, 2.24) is 10.6 Å². The van der Waals surface area contributed by atoms with Crippen molar-refractivity contribution < 1.29 is 4.79 Å². The molecule has 1 aliphatic heterocycles. The highest BCUT2D eigenvalue weighted by Gasteiger charge is 2.45. The molecule has 2 atom stereocenters. The van der Waals surface area contributed by atoms with Crippen molar-refractivity contribution in [2.45, 2.75) is 56.1 Å². The molecule has 2 aliphatic rings. The number of hydrogen-bond acceptors (Lipinski definition) is 2. The van der Waals surface area contributed by atoms with E-state index >= 15 is 0 Å². The maximum Gasteiger partial charge on any atom is 0.241 e. The van der Waals surface area contributed by atoms with Crippen molar-refractivity contribution >= 4 is 5.91 Å². The first-order chi connectivity index (χ1) is 8.22. The summed E-state index contributed by atoms with van der Waals surface area (Å²) in [7, 11) is 0. The second kappa shape index (κ2) is 5.05. The lowest BCUT2D eigenvalue weighted by Gasteiger charge is -2.46. The van der Waals surface area contributed by atoms with Gasteiger partial charge in [-0.15, -0.1) is 13.2 Å². The molecular formula is C14H22N2O. The Bertz CT molecular complexity index is 314. The Kier molecular flexibility index (Phi) is 3.67. The van der Waals surface area contributed by atoms with E-state index in [0.717, 1.165) is 12.8 Å². The summed E-state index contributed by atoms with van der Waals surface area (Å²) in [5.41, 5.74) is -0.512. The number of carbonyl (C=O) groups is 1. The Balaban J connectivity index is 2.17. The van der Waals surface area contributed by atoms with Crippen molar-refractivity contribution in [3.63, 3.8) is 0 Å². The lowest BCUT2D eigenvalue weighted by Crippen LogP contribution is -2.71. The van der Waals surface area contributed by atoms with E-state index < -0.39 is 5.54 Å². The molecule has 3 heteroatoms. The van der Waals surface area contributed by atoms with Crippen molar-refractivity contribution in [1.29, 1.82) is 0 Å². The van der Waals surface area contributed by atoms with Gasteiger partial charge in [-0.1, -0.05) is 25.0 Å². The molecule has 2 fully saturated rings. The molecule has 0 aromatic carbocycles. The fraction of sp³-hybridized carbons (Fsp3) is 0.643. The minimum Gasteiger partial charge on any atom is -0.350 e. The minimum absolute atomic E-state index is 0.112. The average molecular weight is 234 g/mol. The molecule has 0 radical (unpaired) electrons. The van der Waals surface area contributed by atoms with E-state index in [9.17, 15) is 4.79 Å². The van der Waals surface area contributed by atoms with Crippen molar-refractivity contribution in [3.8, 4) is 0 Å². The number of carbonyl (C=O) groups excluding carboxylic acids is 1. The zero-order valence-corrected chi connectivity index (χ0v) is 10.4. The molecule has 2 rings (SSSR count). The number of piperazine rings is 1. The highest BCUT2D eigenvalue weighted by molar-refractivity contribution is 5.88. The third-order valence-corrected chi connectivity index (χ3v) is 3.96. The van der Waals surface area contributed by atoms with Crippen LogP contribution in [0.4, 0.5) is 0 Å². The average Bonchev–Trinajstić information content (AvgIpc) is 2.31. The zero-order valence-electron chi connectivity index (χ0n) is 10.4. The SMILES string of the molecule is C=CCC1(CC=C)N[C@H]2CCCC[C@H]2NC1=O. The number of amides is 1. The highest BCUT2D eigenvalue weighted by Crippen LogP contribution is 2.29. The minimum atomic E-state index is -0.512. The van der Waals surface area contributed by atoms with E-state index in [1.807, 2.05) is 12.2 Å². The van der Waals surface area contributed by atoms with Crippen molar-refractivity contribution in [2.75, 3.05) is 0 Å². The summed E-state index contributed by atoms with van der Waals surface area (Å²) in [6.07, 6.45) is 9.69. The third-order valence-electron chi connectivity index (χ3n) is 3.96. The summed E-state index contributed by atoms with van der Waals surface area (Å²) in [4.78, 5) is 12.3. The summed E-state index contributed by atoms with van der Waals surface area (Å²) in [5, 5.41) is 6.75. The standard InChI is InChI=1S/C14H22N2O/c1-3-9-14(10-4-2)13(17)15-11-7-5-6-8-12(11)16-14/h3-4,11-12,16H,1-2,5-10H2,(H,15,17)/t11-,12+/m1/s1. The van der Waals surface area contributed by atoms with Gasteiger partial charge in [0.05, 0.1) is 0 Å². The summed E-state index contributed by atoms with van der Waals surface area (Å²) >= 11 is 0. The highest BCUT2D eigenvalue weighted by atomic mass is 16.2. The van der Waals surface area contributed by atoms with Crippen LogP contribution < -0.4 is 10.6 Å². The van der Waals surface area contributed by atoms with E-state index in [-0.39, 0.29) is 5.91 Å². The predicted molar refractivity (Wildman–Crippen MR) is 69.7 cm³/mol. The molecule has 2 N–H and O–H groups in total. The second-order valence-electron chi connectivity index (χ2n) is 5.18. The Morgan fingerprint density at radius 1 is 1.18 bits per heavy atom.